The van der Waals surface area contributed by atoms with Gasteiger partial charge in [0.05, 0.1) is 37.4 Å². The molecule has 2 aromatic rings. The molecule has 278 valence electrons. The number of rotatable bonds is 14. The van der Waals surface area contributed by atoms with Crippen molar-refractivity contribution in [3.8, 4) is 0 Å². The SMILES string of the molecule is CC(C)ONO.CN(CC(=O)NCC(=O)NC(Cc1ccccc1)C(O)CN1CC2CCCCC2CC1C(=O)NC(C)(C)C)c1ccccc1. The van der Waals surface area contributed by atoms with Gasteiger partial charge < -0.3 is 26.0 Å². The third-order valence-electron chi connectivity index (χ3n) is 9.15. The number of fused-ring (bicyclic) bond motifs is 1. The zero-order valence-corrected chi connectivity index (χ0v) is 30.7. The Morgan fingerprint density at radius 2 is 1.58 bits per heavy atom. The van der Waals surface area contributed by atoms with Crippen LogP contribution in [-0.4, -0.2) is 96.0 Å². The van der Waals surface area contributed by atoms with Crippen molar-refractivity contribution in [1.82, 2.24) is 26.5 Å². The minimum absolute atomic E-state index is 0.000511. The molecule has 3 amide bonds. The highest BCUT2D eigenvalue weighted by atomic mass is 16.8. The minimum atomic E-state index is -0.913. The van der Waals surface area contributed by atoms with Gasteiger partial charge in [0.15, 0.2) is 0 Å². The number of likely N-dealkylation sites (tertiary alicyclic amines) is 1. The van der Waals surface area contributed by atoms with E-state index in [4.69, 9.17) is 5.21 Å². The van der Waals surface area contributed by atoms with Crippen molar-refractivity contribution < 1.29 is 29.5 Å². The molecule has 1 saturated carbocycles. The van der Waals surface area contributed by atoms with Crippen molar-refractivity contribution >= 4 is 23.4 Å². The van der Waals surface area contributed by atoms with E-state index in [9.17, 15) is 19.5 Å². The Bertz CT molecular complexity index is 1310. The third-order valence-corrected chi connectivity index (χ3v) is 9.15. The molecule has 1 aliphatic carbocycles. The maximum atomic E-state index is 13.5. The lowest BCUT2D eigenvalue weighted by atomic mass is 9.72. The van der Waals surface area contributed by atoms with Gasteiger partial charge in [-0.15, -0.1) is 0 Å². The average Bonchev–Trinajstić information content (AvgIpc) is 3.07. The van der Waals surface area contributed by atoms with Crippen LogP contribution in [0.3, 0.4) is 0 Å². The molecule has 12 heteroatoms. The number of nitrogens with one attached hydrogen (secondary N) is 4. The molecule has 4 rings (SSSR count). The summed E-state index contributed by atoms with van der Waals surface area (Å²) in [5, 5.41) is 28.3. The van der Waals surface area contributed by atoms with Gasteiger partial charge in [0.2, 0.25) is 17.7 Å². The number of hydrogen-bond acceptors (Lipinski definition) is 9. The van der Waals surface area contributed by atoms with E-state index < -0.39 is 12.1 Å². The lowest BCUT2D eigenvalue weighted by molar-refractivity contribution is -0.152. The lowest BCUT2D eigenvalue weighted by Gasteiger charge is -2.47. The molecule has 50 heavy (non-hydrogen) atoms. The van der Waals surface area contributed by atoms with Gasteiger partial charge in [-0.1, -0.05) is 73.4 Å². The Balaban J connectivity index is 0.00000103. The number of piperidine rings is 1. The van der Waals surface area contributed by atoms with E-state index >= 15 is 0 Å². The third kappa shape index (κ3) is 14.4. The number of carbonyl (C=O) groups is 3. The summed E-state index contributed by atoms with van der Waals surface area (Å²) in [6, 6.07) is 18.4. The first-order valence-electron chi connectivity index (χ1n) is 17.9. The summed E-state index contributed by atoms with van der Waals surface area (Å²) in [4.78, 5) is 47.5. The van der Waals surface area contributed by atoms with Gasteiger partial charge in [-0.25, -0.2) is 0 Å². The summed E-state index contributed by atoms with van der Waals surface area (Å²) in [5.74, 6) is 0.405. The molecule has 12 nitrogen and oxygen atoms in total. The summed E-state index contributed by atoms with van der Waals surface area (Å²) < 4.78 is 0. The van der Waals surface area contributed by atoms with Crippen LogP contribution in [0.2, 0.25) is 0 Å². The van der Waals surface area contributed by atoms with Gasteiger partial charge >= 0.3 is 0 Å². The summed E-state index contributed by atoms with van der Waals surface area (Å²) in [6.07, 6.45) is 5.06. The molecule has 0 spiro atoms. The van der Waals surface area contributed by atoms with Crippen molar-refractivity contribution in [2.45, 2.75) is 103 Å². The van der Waals surface area contributed by atoms with Gasteiger partial charge in [0, 0.05) is 31.4 Å². The second-order valence-electron chi connectivity index (χ2n) is 14.9. The summed E-state index contributed by atoms with van der Waals surface area (Å²) in [7, 11) is 1.83. The summed E-state index contributed by atoms with van der Waals surface area (Å²) in [6.45, 7) is 10.5. The predicted octanol–water partition coefficient (Wildman–Crippen LogP) is 3.43. The smallest absolute Gasteiger partial charge is 0.239 e. The number of para-hydroxylation sites is 1. The Kier molecular flexibility index (Phi) is 16.6. The predicted molar refractivity (Wildman–Crippen MR) is 195 cm³/mol. The number of anilines is 1. The Labute approximate surface area is 298 Å². The highest BCUT2D eigenvalue weighted by Crippen LogP contribution is 2.39. The van der Waals surface area contributed by atoms with E-state index in [1.807, 2.05) is 107 Å². The summed E-state index contributed by atoms with van der Waals surface area (Å²) in [5.41, 5.74) is 3.11. The number of carbonyl (C=O) groups excluding carboxylic acids is 3. The lowest BCUT2D eigenvalue weighted by Crippen LogP contribution is -2.60. The zero-order chi connectivity index (χ0) is 36.7. The second kappa shape index (κ2) is 20.3. The van der Waals surface area contributed by atoms with Gasteiger partial charge in [-0.2, -0.15) is 0 Å². The van der Waals surface area contributed by atoms with Crippen LogP contribution in [0.15, 0.2) is 60.7 Å². The van der Waals surface area contributed by atoms with E-state index in [2.05, 4.69) is 25.7 Å². The van der Waals surface area contributed by atoms with Crippen LogP contribution in [0.1, 0.15) is 72.3 Å². The molecular formula is C38H60N6O6. The van der Waals surface area contributed by atoms with Crippen LogP contribution in [-0.2, 0) is 25.6 Å². The first-order chi connectivity index (χ1) is 23.8. The van der Waals surface area contributed by atoms with E-state index in [0.717, 1.165) is 37.1 Å². The highest BCUT2D eigenvalue weighted by molar-refractivity contribution is 5.87. The molecule has 2 aromatic carbocycles. The van der Waals surface area contributed by atoms with Crippen LogP contribution in [0.5, 0.6) is 0 Å². The maximum absolute atomic E-state index is 13.5. The van der Waals surface area contributed by atoms with E-state index in [1.165, 1.54) is 12.8 Å². The van der Waals surface area contributed by atoms with Gasteiger partial charge in [-0.3, -0.25) is 29.3 Å². The molecule has 1 aliphatic heterocycles. The molecule has 2 aliphatic rings. The number of β-amino-alcohol motifs (C(OH)–C–C–N with tert-alkyl or cyclic N) is 1. The molecule has 0 bridgehead atoms. The minimum Gasteiger partial charge on any atom is -0.390 e. The Hall–Kier alpha value is -3.55. The molecule has 0 radical (unpaired) electrons. The van der Waals surface area contributed by atoms with Crippen LogP contribution < -0.4 is 26.5 Å². The Morgan fingerprint density at radius 3 is 2.16 bits per heavy atom. The molecule has 6 N–H and O–H groups in total. The molecular weight excluding hydrogens is 636 g/mol. The van der Waals surface area contributed by atoms with Gasteiger partial charge in [0.1, 0.15) is 0 Å². The second-order valence-corrected chi connectivity index (χ2v) is 14.9. The number of amides is 3. The van der Waals surface area contributed by atoms with Gasteiger partial charge in [0.25, 0.3) is 0 Å². The fourth-order valence-corrected chi connectivity index (χ4v) is 6.73. The van der Waals surface area contributed by atoms with E-state index in [1.54, 1.807) is 5.64 Å². The zero-order valence-electron chi connectivity index (χ0n) is 30.7. The standard InChI is InChI=1S/C35H51N5O4.C3H9NO2/c1-35(2,3)38-34(44)30-20-26-15-11-12-16-27(26)22-40(30)23-31(41)29(19-25-13-7-5-8-14-25)37-32(42)21-36-33(43)24-39(4)28-17-9-6-10-18-28;1-3(2)6-4-5/h5-10,13-14,17-18,26-27,29-31,41H,11-12,15-16,19-24H2,1-4H3,(H,36,43)(H,37,42)(H,38,44);3-5H,1-2H3. The molecule has 5 unspecified atom stereocenters. The van der Waals surface area contributed by atoms with Gasteiger partial charge in [-0.05, 0) is 83.4 Å². The van der Waals surface area contributed by atoms with E-state index in [-0.39, 0.29) is 55.0 Å². The van der Waals surface area contributed by atoms with E-state index in [0.29, 0.717) is 18.3 Å². The van der Waals surface area contributed by atoms with Crippen molar-refractivity contribution in [3.63, 3.8) is 0 Å². The number of hydrogen-bond donors (Lipinski definition) is 6. The molecule has 1 heterocycles. The fraction of sp³-hybridized carbons (Fsp3) is 0.605. The topological polar surface area (TPSA) is 156 Å². The highest BCUT2D eigenvalue weighted by Gasteiger charge is 2.41. The summed E-state index contributed by atoms with van der Waals surface area (Å²) >= 11 is 0. The Morgan fingerprint density at radius 1 is 0.960 bits per heavy atom. The van der Waals surface area contributed by atoms with Crippen molar-refractivity contribution in [3.05, 3.63) is 66.2 Å². The largest absolute Gasteiger partial charge is 0.390 e. The first kappa shape index (κ1) is 40.9. The van der Waals surface area contributed by atoms with Crippen LogP contribution in [0.25, 0.3) is 0 Å². The van der Waals surface area contributed by atoms with Crippen LogP contribution in [0.4, 0.5) is 5.69 Å². The number of benzene rings is 2. The number of likely N-dealkylation sites (N-methyl/N-ethyl adjacent to an activating group) is 1. The molecule has 0 aromatic heterocycles. The molecule has 5 atom stereocenters. The maximum Gasteiger partial charge on any atom is 0.239 e. The number of aliphatic hydroxyl groups is 1. The number of aliphatic hydroxyl groups excluding tert-OH is 1. The monoisotopic (exact) mass is 696 g/mol. The van der Waals surface area contributed by atoms with Crippen LogP contribution >= 0.6 is 0 Å². The van der Waals surface area contributed by atoms with Crippen molar-refractivity contribution in [2.24, 2.45) is 11.8 Å². The number of nitrogens with zero attached hydrogens (tertiary/aromatic N) is 2. The molecule has 2 fully saturated rings. The normalized spacial score (nSPS) is 20.4. The molecule has 1 saturated heterocycles. The first-order valence-corrected chi connectivity index (χ1v) is 17.9. The fourth-order valence-electron chi connectivity index (χ4n) is 6.73. The van der Waals surface area contributed by atoms with Crippen molar-refractivity contribution in [1.29, 1.82) is 0 Å². The quantitative estimate of drug-likeness (QED) is 0.163. The average molecular weight is 697 g/mol. The van der Waals surface area contributed by atoms with Crippen molar-refractivity contribution in [2.75, 3.05) is 38.1 Å². The van der Waals surface area contributed by atoms with Crippen LogP contribution in [0, 0.1) is 11.8 Å².